The Morgan fingerprint density at radius 2 is 1.61 bits per heavy atom. The van der Waals surface area contributed by atoms with Crippen LogP contribution in [0.25, 0.3) is 10.9 Å². The van der Waals surface area contributed by atoms with E-state index < -0.39 is 0 Å². The number of rotatable bonds is 15. The molecule has 2 amide bonds. The van der Waals surface area contributed by atoms with Crippen LogP contribution in [0.15, 0.2) is 85.1 Å². The molecule has 1 N–H and O–H groups in total. The van der Waals surface area contributed by atoms with Crippen molar-refractivity contribution in [2.75, 3.05) is 40.0 Å². The van der Waals surface area contributed by atoms with Gasteiger partial charge in [0.1, 0.15) is 5.75 Å². The average molecular weight is 556 g/mol. The van der Waals surface area contributed by atoms with Gasteiger partial charge in [0.25, 0.3) is 0 Å². The van der Waals surface area contributed by atoms with Crippen LogP contribution in [0.5, 0.6) is 5.75 Å². The first-order valence-corrected chi connectivity index (χ1v) is 14.4. The Morgan fingerprint density at radius 1 is 0.878 bits per heavy atom. The molecule has 3 aromatic carbocycles. The van der Waals surface area contributed by atoms with E-state index >= 15 is 0 Å². The van der Waals surface area contributed by atoms with Crippen molar-refractivity contribution in [1.82, 2.24) is 14.8 Å². The van der Waals surface area contributed by atoms with E-state index in [4.69, 9.17) is 9.47 Å². The summed E-state index contributed by atoms with van der Waals surface area (Å²) in [5.41, 5.74) is 4.20. The average Bonchev–Trinajstić information content (AvgIpc) is 3.42. The molecular formula is C34H41N3O4. The van der Waals surface area contributed by atoms with Crippen molar-refractivity contribution in [1.29, 1.82) is 0 Å². The highest BCUT2D eigenvalue weighted by molar-refractivity contribution is 5.89. The Balaban J connectivity index is 1.55. The van der Waals surface area contributed by atoms with Crippen molar-refractivity contribution in [3.63, 3.8) is 0 Å². The molecule has 0 saturated heterocycles. The Hall–Kier alpha value is -4.10. The molecule has 0 aliphatic heterocycles. The molecule has 0 aliphatic rings. The molecule has 1 heterocycles. The molecule has 0 saturated carbocycles. The topological polar surface area (TPSA) is 74.9 Å². The van der Waals surface area contributed by atoms with Crippen molar-refractivity contribution in [2.45, 2.75) is 39.2 Å². The van der Waals surface area contributed by atoms with Crippen molar-refractivity contribution in [3.05, 3.63) is 102 Å². The molecule has 41 heavy (non-hydrogen) atoms. The third-order valence-corrected chi connectivity index (χ3v) is 7.40. The predicted molar refractivity (Wildman–Crippen MR) is 163 cm³/mol. The number of methoxy groups -OCH3 is 1. The summed E-state index contributed by atoms with van der Waals surface area (Å²) in [5.74, 6) is 0.343. The lowest BCUT2D eigenvalue weighted by molar-refractivity contribution is -0.142. The van der Waals surface area contributed by atoms with E-state index in [0.29, 0.717) is 45.7 Å². The van der Waals surface area contributed by atoms with Gasteiger partial charge in [-0.1, -0.05) is 67.6 Å². The molecule has 7 nitrogen and oxygen atoms in total. The number of hydrogen-bond donors (Lipinski definition) is 1. The lowest BCUT2D eigenvalue weighted by Gasteiger charge is -2.30. The molecule has 0 bridgehead atoms. The number of carbonyl (C=O) groups excluding carboxylic acids is 2. The van der Waals surface area contributed by atoms with Crippen LogP contribution in [-0.4, -0.2) is 66.6 Å². The van der Waals surface area contributed by atoms with E-state index in [1.54, 1.807) is 12.0 Å². The standard InChI is InChI=1S/C34H41N3O4/c1-4-30(27-11-7-6-8-12-27)34(39)37(21-22-40-3)25-33(38)36(24-26-15-17-29(18-16-26)41-5-2)20-19-28-23-35-32-14-10-9-13-31(28)32/h6-18,23,30,35H,4-5,19-22,24-25H2,1-3H3. The summed E-state index contributed by atoms with van der Waals surface area (Å²) in [4.78, 5) is 34.5. The first kappa shape index (κ1) is 29.9. The van der Waals surface area contributed by atoms with Crippen molar-refractivity contribution in [3.8, 4) is 5.75 Å². The number of benzene rings is 3. The zero-order valence-electron chi connectivity index (χ0n) is 24.3. The quantitative estimate of drug-likeness (QED) is 0.201. The highest BCUT2D eigenvalue weighted by atomic mass is 16.5. The van der Waals surface area contributed by atoms with Gasteiger partial charge in [0.2, 0.25) is 11.8 Å². The van der Waals surface area contributed by atoms with Crippen molar-refractivity contribution in [2.24, 2.45) is 0 Å². The second-order valence-electron chi connectivity index (χ2n) is 10.1. The number of nitrogens with zero attached hydrogens (tertiary/aromatic N) is 2. The molecule has 4 rings (SSSR count). The zero-order valence-corrected chi connectivity index (χ0v) is 24.3. The first-order chi connectivity index (χ1) is 20.0. The highest BCUT2D eigenvalue weighted by Crippen LogP contribution is 2.23. The van der Waals surface area contributed by atoms with Crippen LogP contribution in [0.4, 0.5) is 0 Å². The van der Waals surface area contributed by atoms with Crippen LogP contribution in [-0.2, 0) is 27.3 Å². The SMILES string of the molecule is CCOc1ccc(CN(CCc2c[nH]c3ccccc23)C(=O)CN(CCOC)C(=O)C(CC)c2ccccc2)cc1. The van der Waals surface area contributed by atoms with Crippen molar-refractivity contribution < 1.29 is 19.1 Å². The number of hydrogen-bond acceptors (Lipinski definition) is 4. The fourth-order valence-corrected chi connectivity index (χ4v) is 5.15. The molecule has 7 heteroatoms. The zero-order chi connectivity index (χ0) is 29.0. The Kier molecular flexibility index (Phi) is 11.0. The Morgan fingerprint density at radius 3 is 2.32 bits per heavy atom. The van der Waals surface area contributed by atoms with Gasteiger partial charge in [-0.05, 0) is 54.7 Å². The van der Waals surface area contributed by atoms with E-state index in [-0.39, 0.29) is 24.3 Å². The normalized spacial score (nSPS) is 11.8. The van der Waals surface area contributed by atoms with Gasteiger partial charge in [0.15, 0.2) is 0 Å². The van der Waals surface area contributed by atoms with Crippen LogP contribution in [0.2, 0.25) is 0 Å². The fourth-order valence-electron chi connectivity index (χ4n) is 5.15. The smallest absolute Gasteiger partial charge is 0.242 e. The van der Waals surface area contributed by atoms with Gasteiger partial charge in [-0.2, -0.15) is 0 Å². The summed E-state index contributed by atoms with van der Waals surface area (Å²) in [7, 11) is 1.61. The number of fused-ring (bicyclic) bond motifs is 1. The lowest BCUT2D eigenvalue weighted by atomic mass is 9.95. The number of para-hydroxylation sites is 1. The summed E-state index contributed by atoms with van der Waals surface area (Å²) < 4.78 is 10.9. The number of amides is 2. The molecule has 1 atom stereocenters. The van der Waals surface area contributed by atoms with E-state index in [9.17, 15) is 9.59 Å². The number of nitrogens with one attached hydrogen (secondary N) is 1. The highest BCUT2D eigenvalue weighted by Gasteiger charge is 2.27. The molecule has 4 aromatic rings. The summed E-state index contributed by atoms with van der Waals surface area (Å²) in [6.07, 6.45) is 3.36. The van der Waals surface area contributed by atoms with Gasteiger partial charge in [-0.25, -0.2) is 0 Å². The van der Waals surface area contributed by atoms with E-state index in [1.807, 2.05) is 91.7 Å². The second kappa shape index (κ2) is 15.1. The van der Waals surface area contributed by atoms with E-state index in [0.717, 1.165) is 33.3 Å². The van der Waals surface area contributed by atoms with Crippen LogP contribution in [0, 0.1) is 0 Å². The van der Waals surface area contributed by atoms with Gasteiger partial charge < -0.3 is 24.3 Å². The monoisotopic (exact) mass is 555 g/mol. The van der Waals surface area contributed by atoms with Crippen LogP contribution < -0.4 is 4.74 Å². The Labute approximate surface area is 243 Å². The predicted octanol–water partition coefficient (Wildman–Crippen LogP) is 5.81. The fraction of sp³-hybridized carbons (Fsp3) is 0.353. The minimum absolute atomic E-state index is 0.00353. The largest absolute Gasteiger partial charge is 0.494 e. The summed E-state index contributed by atoms with van der Waals surface area (Å²) in [5, 5.41) is 1.16. The molecule has 1 aromatic heterocycles. The number of ether oxygens (including phenoxy) is 2. The number of aromatic amines is 1. The van der Waals surface area contributed by atoms with Gasteiger partial charge in [-0.3, -0.25) is 9.59 Å². The van der Waals surface area contributed by atoms with Crippen molar-refractivity contribution >= 4 is 22.7 Å². The molecule has 0 radical (unpaired) electrons. The van der Waals surface area contributed by atoms with Gasteiger partial charge in [-0.15, -0.1) is 0 Å². The molecule has 0 aliphatic carbocycles. The van der Waals surface area contributed by atoms with Gasteiger partial charge in [0, 0.05) is 43.8 Å². The summed E-state index contributed by atoms with van der Waals surface area (Å²) >= 11 is 0. The van der Waals surface area contributed by atoms with Crippen LogP contribution in [0.3, 0.4) is 0 Å². The molecule has 216 valence electrons. The van der Waals surface area contributed by atoms with Crippen LogP contribution in [0.1, 0.15) is 42.9 Å². The molecule has 1 unspecified atom stereocenters. The maximum atomic E-state index is 13.9. The maximum Gasteiger partial charge on any atom is 0.242 e. The van der Waals surface area contributed by atoms with Crippen LogP contribution >= 0.6 is 0 Å². The number of aromatic nitrogens is 1. The molecule has 0 fully saturated rings. The van der Waals surface area contributed by atoms with E-state index in [1.165, 1.54) is 0 Å². The Bertz CT molecular complexity index is 1380. The number of H-pyrrole nitrogens is 1. The maximum absolute atomic E-state index is 13.9. The number of carbonyl (C=O) groups is 2. The minimum Gasteiger partial charge on any atom is -0.494 e. The minimum atomic E-state index is -0.313. The third-order valence-electron chi connectivity index (χ3n) is 7.40. The van der Waals surface area contributed by atoms with Gasteiger partial charge in [0.05, 0.1) is 25.7 Å². The molecule has 0 spiro atoms. The third kappa shape index (κ3) is 7.98. The second-order valence-corrected chi connectivity index (χ2v) is 10.1. The molecular weight excluding hydrogens is 514 g/mol. The van der Waals surface area contributed by atoms with Gasteiger partial charge >= 0.3 is 0 Å². The summed E-state index contributed by atoms with van der Waals surface area (Å²) in [6.45, 7) is 6.23. The summed E-state index contributed by atoms with van der Waals surface area (Å²) in [6, 6.07) is 25.8. The first-order valence-electron chi connectivity index (χ1n) is 14.4. The van der Waals surface area contributed by atoms with E-state index in [2.05, 4.69) is 17.1 Å². The lowest BCUT2D eigenvalue weighted by Crippen LogP contribution is -2.46.